The van der Waals surface area contributed by atoms with Crippen molar-refractivity contribution in [1.29, 1.82) is 0 Å². The van der Waals surface area contributed by atoms with Gasteiger partial charge in [0.15, 0.2) is 0 Å². The van der Waals surface area contributed by atoms with E-state index in [0.29, 0.717) is 24.4 Å². The van der Waals surface area contributed by atoms with Crippen molar-refractivity contribution in [2.45, 2.75) is 46.0 Å². The summed E-state index contributed by atoms with van der Waals surface area (Å²) >= 11 is 0. The van der Waals surface area contributed by atoms with Crippen LogP contribution in [0, 0.1) is 22.7 Å². The molecule has 0 aromatic heterocycles. The summed E-state index contributed by atoms with van der Waals surface area (Å²) in [6, 6.07) is 0. The minimum Gasteiger partial charge on any atom is -0.299 e. The fourth-order valence-electron chi connectivity index (χ4n) is 4.97. The van der Waals surface area contributed by atoms with Crippen LogP contribution >= 0.6 is 0 Å². The van der Waals surface area contributed by atoms with Crippen LogP contribution in [0.3, 0.4) is 0 Å². The summed E-state index contributed by atoms with van der Waals surface area (Å²) in [7, 11) is 0. The molecule has 3 saturated carbocycles. The Morgan fingerprint density at radius 3 is 2.60 bits per heavy atom. The third-order valence-electron chi connectivity index (χ3n) is 5.60. The summed E-state index contributed by atoms with van der Waals surface area (Å²) in [4.78, 5) is 23.9. The molecule has 2 heteroatoms. The maximum Gasteiger partial charge on any atom is 0.137 e. The highest BCUT2D eigenvalue weighted by molar-refractivity contribution is 5.94. The Labute approximate surface area is 90.4 Å². The Morgan fingerprint density at radius 2 is 1.87 bits per heavy atom. The highest BCUT2D eigenvalue weighted by Gasteiger charge is 2.70. The molecule has 1 spiro atoms. The maximum absolute atomic E-state index is 12.0. The van der Waals surface area contributed by atoms with E-state index < -0.39 is 0 Å². The fraction of sp³-hybridized carbons (Fsp3) is 0.846. The van der Waals surface area contributed by atoms with Gasteiger partial charge in [0.05, 0.1) is 0 Å². The van der Waals surface area contributed by atoms with Gasteiger partial charge in [0, 0.05) is 24.7 Å². The van der Waals surface area contributed by atoms with Gasteiger partial charge in [-0.05, 0) is 23.7 Å². The van der Waals surface area contributed by atoms with Crippen molar-refractivity contribution in [1.82, 2.24) is 0 Å². The van der Waals surface area contributed by atoms with Crippen LogP contribution in [0.1, 0.15) is 46.0 Å². The highest BCUT2D eigenvalue weighted by Crippen LogP contribution is 2.70. The molecule has 0 aliphatic heterocycles. The summed E-state index contributed by atoms with van der Waals surface area (Å²) in [5.74, 6) is 1.18. The first-order valence-corrected chi connectivity index (χ1v) is 6.07. The number of hydrogen-bond acceptors (Lipinski definition) is 2. The van der Waals surface area contributed by atoms with Crippen LogP contribution in [-0.2, 0) is 9.59 Å². The van der Waals surface area contributed by atoms with Crippen LogP contribution in [0.2, 0.25) is 0 Å². The molecule has 0 radical (unpaired) electrons. The summed E-state index contributed by atoms with van der Waals surface area (Å²) in [6.45, 7) is 4.24. The van der Waals surface area contributed by atoms with E-state index in [-0.39, 0.29) is 22.7 Å². The molecule has 3 aliphatic rings. The molecule has 4 atom stereocenters. The number of hydrogen-bond donors (Lipinski definition) is 0. The van der Waals surface area contributed by atoms with Gasteiger partial charge in [-0.2, -0.15) is 0 Å². The Kier molecular flexibility index (Phi) is 1.61. The van der Waals surface area contributed by atoms with Gasteiger partial charge in [-0.15, -0.1) is 0 Å². The number of carbonyl (C=O) groups excluding carboxylic acids is 2. The smallest absolute Gasteiger partial charge is 0.137 e. The quantitative estimate of drug-likeness (QED) is 0.609. The minimum atomic E-state index is 0.00174. The van der Waals surface area contributed by atoms with Gasteiger partial charge < -0.3 is 0 Å². The third kappa shape index (κ3) is 0.834. The second-order valence-corrected chi connectivity index (χ2v) is 6.05. The molecule has 82 valence electrons. The number of Topliss-reactive ketones (excluding diaryl/α,β-unsaturated/α-hetero) is 2. The third-order valence-corrected chi connectivity index (χ3v) is 5.60. The van der Waals surface area contributed by atoms with Crippen molar-refractivity contribution < 1.29 is 9.59 Å². The van der Waals surface area contributed by atoms with Crippen molar-refractivity contribution in [3.05, 3.63) is 0 Å². The van der Waals surface area contributed by atoms with Crippen LogP contribution in [0.5, 0.6) is 0 Å². The molecule has 0 aromatic carbocycles. The predicted octanol–water partition coefficient (Wildman–Crippen LogP) is 2.36. The van der Waals surface area contributed by atoms with Gasteiger partial charge in [0.1, 0.15) is 11.6 Å². The topological polar surface area (TPSA) is 34.1 Å². The zero-order valence-electron chi connectivity index (χ0n) is 9.51. The second-order valence-electron chi connectivity index (χ2n) is 6.05. The summed E-state index contributed by atoms with van der Waals surface area (Å²) in [5.41, 5.74) is 0.0584. The molecular weight excluding hydrogens is 188 g/mol. The molecule has 0 heterocycles. The van der Waals surface area contributed by atoms with Crippen LogP contribution in [0.4, 0.5) is 0 Å². The zero-order chi connectivity index (χ0) is 10.8. The predicted molar refractivity (Wildman–Crippen MR) is 56.3 cm³/mol. The molecule has 2 nitrogen and oxygen atoms in total. The fourth-order valence-corrected chi connectivity index (χ4v) is 4.97. The van der Waals surface area contributed by atoms with Crippen LogP contribution in [-0.4, -0.2) is 11.6 Å². The Hall–Kier alpha value is -0.660. The van der Waals surface area contributed by atoms with E-state index in [2.05, 4.69) is 13.8 Å². The lowest BCUT2D eigenvalue weighted by molar-refractivity contribution is -0.125. The monoisotopic (exact) mass is 206 g/mol. The first-order valence-electron chi connectivity index (χ1n) is 6.07. The van der Waals surface area contributed by atoms with Gasteiger partial charge in [-0.1, -0.05) is 20.3 Å². The molecule has 1 unspecified atom stereocenters. The lowest BCUT2D eigenvalue weighted by Gasteiger charge is -2.39. The number of rotatable bonds is 0. The van der Waals surface area contributed by atoms with Crippen LogP contribution in [0.25, 0.3) is 0 Å². The first-order chi connectivity index (χ1) is 7.01. The van der Waals surface area contributed by atoms with E-state index in [9.17, 15) is 9.59 Å². The van der Waals surface area contributed by atoms with Crippen LogP contribution in [0.15, 0.2) is 0 Å². The standard InChI is InChI=1S/C13H18O2/c1-8-10(14)6-12(2)7-11(15)9-4-3-5-13(8,9)12/h8-9H,3-7H2,1-2H3/t8?,9-,12-,13+/m0/s1. The summed E-state index contributed by atoms with van der Waals surface area (Å²) in [5, 5.41) is 0. The van der Waals surface area contributed by atoms with E-state index in [1.165, 1.54) is 0 Å². The molecule has 0 bridgehead atoms. The van der Waals surface area contributed by atoms with Gasteiger partial charge in [0.25, 0.3) is 0 Å². The van der Waals surface area contributed by atoms with Crippen molar-refractivity contribution in [2.75, 3.05) is 0 Å². The lowest BCUT2D eigenvalue weighted by Crippen LogP contribution is -2.36. The van der Waals surface area contributed by atoms with Gasteiger partial charge in [0.2, 0.25) is 0 Å². The van der Waals surface area contributed by atoms with Crippen molar-refractivity contribution >= 4 is 11.6 Å². The maximum atomic E-state index is 12.0. The normalized spacial score (nSPS) is 53.5. The Morgan fingerprint density at radius 1 is 1.20 bits per heavy atom. The van der Waals surface area contributed by atoms with Gasteiger partial charge >= 0.3 is 0 Å². The minimum absolute atomic E-state index is 0.00174. The molecule has 0 N–H and O–H groups in total. The van der Waals surface area contributed by atoms with E-state index >= 15 is 0 Å². The Balaban J connectivity index is 2.17. The molecule has 0 amide bonds. The van der Waals surface area contributed by atoms with Crippen LogP contribution < -0.4 is 0 Å². The lowest BCUT2D eigenvalue weighted by atomic mass is 9.63. The summed E-state index contributed by atoms with van der Waals surface area (Å²) < 4.78 is 0. The zero-order valence-corrected chi connectivity index (χ0v) is 9.51. The summed E-state index contributed by atoms with van der Waals surface area (Å²) in [6.07, 6.45) is 4.59. The van der Waals surface area contributed by atoms with Crippen molar-refractivity contribution in [3.8, 4) is 0 Å². The average molecular weight is 206 g/mol. The Bertz CT molecular complexity index is 356. The average Bonchev–Trinajstić information content (AvgIpc) is 2.71. The number of ketones is 2. The van der Waals surface area contributed by atoms with E-state index in [4.69, 9.17) is 0 Å². The molecular formula is C13H18O2. The van der Waals surface area contributed by atoms with Gasteiger partial charge in [-0.25, -0.2) is 0 Å². The second kappa shape index (κ2) is 2.53. The molecule has 0 aromatic rings. The molecule has 15 heavy (non-hydrogen) atoms. The van der Waals surface area contributed by atoms with Crippen molar-refractivity contribution in [2.24, 2.45) is 22.7 Å². The van der Waals surface area contributed by atoms with E-state index in [1.54, 1.807) is 0 Å². The highest BCUT2D eigenvalue weighted by atomic mass is 16.1. The first kappa shape index (κ1) is 9.56. The molecule has 3 rings (SSSR count). The van der Waals surface area contributed by atoms with E-state index in [0.717, 1.165) is 19.3 Å². The molecule has 3 fully saturated rings. The SMILES string of the molecule is CC1C(=O)C[C@@]2(C)CC(=O)[C@@H]3CCC[C@@]132. The largest absolute Gasteiger partial charge is 0.299 e. The van der Waals surface area contributed by atoms with Crippen molar-refractivity contribution in [3.63, 3.8) is 0 Å². The number of carbonyl (C=O) groups is 2. The van der Waals surface area contributed by atoms with Gasteiger partial charge in [-0.3, -0.25) is 9.59 Å². The molecule has 0 saturated heterocycles. The van der Waals surface area contributed by atoms with E-state index in [1.807, 2.05) is 0 Å². The molecule has 3 aliphatic carbocycles.